The SMILES string of the molecule is CC(C)N(C)CCCCNC(=O)c1cccc(N)c1. The fraction of sp³-hybridized carbons (Fsp3) is 0.533. The van der Waals surface area contributed by atoms with Crippen LogP contribution in [0.5, 0.6) is 0 Å². The predicted molar refractivity (Wildman–Crippen MR) is 80.2 cm³/mol. The molecule has 0 spiro atoms. The minimum atomic E-state index is -0.0514. The number of nitrogens with zero attached hydrogens (tertiary/aromatic N) is 1. The zero-order valence-corrected chi connectivity index (χ0v) is 12.1. The Kier molecular flexibility index (Phi) is 6.36. The van der Waals surface area contributed by atoms with Crippen LogP contribution in [0, 0.1) is 0 Å². The van der Waals surface area contributed by atoms with Crippen molar-refractivity contribution >= 4 is 11.6 Å². The second-order valence-electron chi connectivity index (χ2n) is 5.16. The van der Waals surface area contributed by atoms with Crippen LogP contribution >= 0.6 is 0 Å². The summed E-state index contributed by atoms with van der Waals surface area (Å²) in [5.74, 6) is -0.0514. The van der Waals surface area contributed by atoms with Crippen molar-refractivity contribution in [2.45, 2.75) is 32.7 Å². The minimum absolute atomic E-state index is 0.0514. The molecule has 0 saturated carbocycles. The molecule has 1 rings (SSSR count). The first kappa shape index (κ1) is 15.5. The average Bonchev–Trinajstić information content (AvgIpc) is 2.37. The number of rotatable bonds is 7. The molecule has 0 radical (unpaired) electrons. The van der Waals surface area contributed by atoms with E-state index in [1.165, 1.54) is 0 Å². The van der Waals surface area contributed by atoms with Gasteiger partial charge in [-0.3, -0.25) is 4.79 Å². The van der Waals surface area contributed by atoms with Gasteiger partial charge in [0.1, 0.15) is 0 Å². The Morgan fingerprint density at radius 2 is 2.11 bits per heavy atom. The van der Waals surface area contributed by atoms with Crippen molar-refractivity contribution in [1.29, 1.82) is 0 Å². The van der Waals surface area contributed by atoms with Crippen molar-refractivity contribution in [3.8, 4) is 0 Å². The molecule has 0 fully saturated rings. The van der Waals surface area contributed by atoms with E-state index in [4.69, 9.17) is 5.73 Å². The summed E-state index contributed by atoms with van der Waals surface area (Å²) in [6.07, 6.45) is 2.08. The molecule has 19 heavy (non-hydrogen) atoms. The number of hydrogen-bond acceptors (Lipinski definition) is 3. The van der Waals surface area contributed by atoms with Gasteiger partial charge < -0.3 is 16.0 Å². The van der Waals surface area contributed by atoms with Crippen molar-refractivity contribution in [2.75, 3.05) is 25.9 Å². The maximum Gasteiger partial charge on any atom is 0.251 e. The quantitative estimate of drug-likeness (QED) is 0.585. The Morgan fingerprint density at radius 3 is 2.74 bits per heavy atom. The third-order valence-electron chi connectivity index (χ3n) is 3.25. The molecule has 0 bridgehead atoms. The number of benzene rings is 1. The Hall–Kier alpha value is -1.55. The molecule has 0 heterocycles. The van der Waals surface area contributed by atoms with Crippen molar-refractivity contribution in [2.24, 2.45) is 0 Å². The molecule has 0 atom stereocenters. The Balaban J connectivity index is 2.21. The zero-order valence-electron chi connectivity index (χ0n) is 12.1. The maximum absolute atomic E-state index is 11.8. The number of carbonyl (C=O) groups is 1. The molecular weight excluding hydrogens is 238 g/mol. The lowest BCUT2D eigenvalue weighted by atomic mass is 10.2. The van der Waals surface area contributed by atoms with Crippen LogP contribution in [-0.2, 0) is 0 Å². The number of hydrogen-bond donors (Lipinski definition) is 2. The molecule has 0 aliphatic carbocycles. The second kappa shape index (κ2) is 7.79. The largest absolute Gasteiger partial charge is 0.399 e. The highest BCUT2D eigenvalue weighted by Crippen LogP contribution is 2.06. The lowest BCUT2D eigenvalue weighted by molar-refractivity contribution is 0.0952. The standard InChI is InChI=1S/C15H25N3O/c1-12(2)18(3)10-5-4-9-17-15(19)13-7-6-8-14(16)11-13/h6-8,11-12H,4-5,9-10,16H2,1-3H3,(H,17,19). The highest BCUT2D eigenvalue weighted by Gasteiger charge is 2.05. The van der Waals surface area contributed by atoms with E-state index in [1.54, 1.807) is 24.3 Å². The van der Waals surface area contributed by atoms with Crippen molar-refractivity contribution in [3.05, 3.63) is 29.8 Å². The summed E-state index contributed by atoms with van der Waals surface area (Å²) in [6.45, 7) is 6.13. The highest BCUT2D eigenvalue weighted by molar-refractivity contribution is 5.94. The van der Waals surface area contributed by atoms with Gasteiger partial charge in [0.15, 0.2) is 0 Å². The molecule has 1 aromatic carbocycles. The molecule has 3 N–H and O–H groups in total. The average molecular weight is 263 g/mol. The molecule has 0 aliphatic rings. The van der Waals surface area contributed by atoms with Crippen LogP contribution in [-0.4, -0.2) is 37.0 Å². The number of amides is 1. The Bertz CT molecular complexity index is 404. The van der Waals surface area contributed by atoms with E-state index < -0.39 is 0 Å². The Morgan fingerprint density at radius 1 is 1.37 bits per heavy atom. The van der Waals surface area contributed by atoms with E-state index in [9.17, 15) is 4.79 Å². The van der Waals surface area contributed by atoms with E-state index in [-0.39, 0.29) is 5.91 Å². The normalized spacial score (nSPS) is 11.0. The van der Waals surface area contributed by atoms with E-state index in [1.807, 2.05) is 0 Å². The fourth-order valence-corrected chi connectivity index (χ4v) is 1.73. The first-order valence-electron chi connectivity index (χ1n) is 6.84. The maximum atomic E-state index is 11.8. The molecule has 4 nitrogen and oxygen atoms in total. The smallest absolute Gasteiger partial charge is 0.251 e. The first-order valence-corrected chi connectivity index (χ1v) is 6.84. The number of nitrogens with two attached hydrogens (primary N) is 1. The fourth-order valence-electron chi connectivity index (χ4n) is 1.73. The molecule has 0 aliphatic heterocycles. The molecule has 1 aromatic rings. The van der Waals surface area contributed by atoms with Gasteiger partial charge in [-0.25, -0.2) is 0 Å². The van der Waals surface area contributed by atoms with Gasteiger partial charge >= 0.3 is 0 Å². The highest BCUT2D eigenvalue weighted by atomic mass is 16.1. The molecule has 4 heteroatoms. The van der Waals surface area contributed by atoms with E-state index in [0.717, 1.165) is 19.4 Å². The lowest BCUT2D eigenvalue weighted by Crippen LogP contribution is -2.29. The minimum Gasteiger partial charge on any atom is -0.399 e. The van der Waals surface area contributed by atoms with Crippen LogP contribution in [0.15, 0.2) is 24.3 Å². The van der Waals surface area contributed by atoms with Crippen LogP contribution in [0.2, 0.25) is 0 Å². The zero-order chi connectivity index (χ0) is 14.3. The lowest BCUT2D eigenvalue weighted by Gasteiger charge is -2.20. The summed E-state index contributed by atoms with van der Waals surface area (Å²) < 4.78 is 0. The first-order chi connectivity index (χ1) is 9.00. The van der Waals surface area contributed by atoms with Gasteiger partial charge in [0, 0.05) is 23.8 Å². The molecular formula is C15H25N3O. The monoisotopic (exact) mass is 263 g/mol. The summed E-state index contributed by atoms with van der Waals surface area (Å²) in [7, 11) is 2.12. The van der Waals surface area contributed by atoms with E-state index in [2.05, 4.69) is 31.1 Å². The van der Waals surface area contributed by atoms with Gasteiger partial charge in [-0.2, -0.15) is 0 Å². The van der Waals surface area contributed by atoms with Gasteiger partial charge in [0.05, 0.1) is 0 Å². The molecule has 106 valence electrons. The van der Waals surface area contributed by atoms with E-state index >= 15 is 0 Å². The van der Waals surface area contributed by atoms with Crippen LogP contribution in [0.4, 0.5) is 5.69 Å². The van der Waals surface area contributed by atoms with Crippen LogP contribution < -0.4 is 11.1 Å². The third-order valence-corrected chi connectivity index (χ3v) is 3.25. The van der Waals surface area contributed by atoms with Crippen molar-refractivity contribution in [1.82, 2.24) is 10.2 Å². The van der Waals surface area contributed by atoms with Gasteiger partial charge in [0.25, 0.3) is 5.91 Å². The number of nitrogen functional groups attached to an aromatic ring is 1. The van der Waals surface area contributed by atoms with Crippen LogP contribution in [0.1, 0.15) is 37.0 Å². The summed E-state index contributed by atoms with van der Waals surface area (Å²) in [6, 6.07) is 7.61. The molecule has 1 amide bonds. The Labute approximate surface area is 116 Å². The van der Waals surface area contributed by atoms with Crippen molar-refractivity contribution in [3.63, 3.8) is 0 Å². The second-order valence-corrected chi connectivity index (χ2v) is 5.16. The van der Waals surface area contributed by atoms with Crippen molar-refractivity contribution < 1.29 is 4.79 Å². The molecule has 0 saturated heterocycles. The summed E-state index contributed by atoms with van der Waals surface area (Å²) in [5.41, 5.74) is 6.89. The summed E-state index contributed by atoms with van der Waals surface area (Å²) in [5, 5.41) is 2.92. The number of carbonyl (C=O) groups excluding carboxylic acids is 1. The summed E-state index contributed by atoms with van der Waals surface area (Å²) in [4.78, 5) is 14.1. The van der Waals surface area contributed by atoms with Crippen LogP contribution in [0.25, 0.3) is 0 Å². The number of unbranched alkanes of at least 4 members (excludes halogenated alkanes) is 1. The van der Waals surface area contributed by atoms with Gasteiger partial charge in [0.2, 0.25) is 0 Å². The third kappa shape index (κ3) is 5.75. The molecule has 0 aromatic heterocycles. The predicted octanol–water partition coefficient (Wildman–Crippen LogP) is 2.12. The van der Waals surface area contributed by atoms with Gasteiger partial charge in [-0.15, -0.1) is 0 Å². The van der Waals surface area contributed by atoms with Gasteiger partial charge in [-0.1, -0.05) is 6.07 Å². The number of nitrogens with one attached hydrogen (secondary N) is 1. The van der Waals surface area contributed by atoms with E-state index in [0.29, 0.717) is 23.8 Å². The summed E-state index contributed by atoms with van der Waals surface area (Å²) >= 11 is 0. The van der Waals surface area contributed by atoms with Crippen LogP contribution in [0.3, 0.4) is 0 Å². The number of anilines is 1. The molecule has 0 unspecified atom stereocenters. The van der Waals surface area contributed by atoms with Gasteiger partial charge in [-0.05, 0) is 58.5 Å². The topological polar surface area (TPSA) is 58.4 Å².